The number of hydrogen-bond acceptors (Lipinski definition) is 10. The van der Waals surface area contributed by atoms with Crippen molar-refractivity contribution in [3.63, 3.8) is 0 Å². The summed E-state index contributed by atoms with van der Waals surface area (Å²) in [7, 11) is -12.0. The third kappa shape index (κ3) is 15.8. The quantitative estimate of drug-likeness (QED) is 0.0349. The predicted molar refractivity (Wildman–Crippen MR) is 228 cm³/mol. The van der Waals surface area contributed by atoms with Crippen molar-refractivity contribution >= 4 is 38.4 Å². The van der Waals surface area contributed by atoms with Crippen LogP contribution in [0.15, 0.2) is 73.3 Å². The molecule has 0 radical (unpaired) electrons. The fourth-order valence-corrected chi connectivity index (χ4v) is 6.80. The highest BCUT2D eigenvalue weighted by molar-refractivity contribution is 6.50. The van der Waals surface area contributed by atoms with Gasteiger partial charge in [-0.3, -0.25) is 9.97 Å². The Hall–Kier alpha value is -6.73. The highest BCUT2D eigenvalue weighted by Crippen LogP contribution is 2.34. The summed E-state index contributed by atoms with van der Waals surface area (Å²) in [6.45, 7) is 15.7. The van der Waals surface area contributed by atoms with Crippen LogP contribution in [0, 0.1) is 27.7 Å². The van der Waals surface area contributed by atoms with Gasteiger partial charge in [0, 0.05) is 46.5 Å². The van der Waals surface area contributed by atoms with Crippen molar-refractivity contribution in [3.8, 4) is 22.3 Å². The highest BCUT2D eigenvalue weighted by Gasteiger charge is 2.30. The fraction of sp³-hybridized carbons (Fsp3) is 0.318. The highest BCUT2D eigenvalue weighted by atomic mass is 19.5. The first-order valence-corrected chi connectivity index (χ1v) is 20.4. The van der Waals surface area contributed by atoms with E-state index in [1.807, 2.05) is 76.4 Å². The first-order valence-electron chi connectivity index (χ1n) is 20.4. The molecule has 4 heterocycles. The van der Waals surface area contributed by atoms with Gasteiger partial charge in [0.05, 0.1) is 71.5 Å². The van der Waals surface area contributed by atoms with Crippen LogP contribution >= 0.6 is 0 Å². The van der Waals surface area contributed by atoms with Crippen molar-refractivity contribution in [2.24, 2.45) is 0 Å². The molecule has 0 saturated heterocycles. The van der Waals surface area contributed by atoms with Crippen molar-refractivity contribution in [1.82, 2.24) is 9.97 Å². The Labute approximate surface area is 376 Å². The Bertz CT molecular complexity index is 2240. The Morgan fingerprint density at radius 1 is 0.470 bits per heavy atom. The van der Waals surface area contributed by atoms with E-state index in [4.69, 9.17) is 18.9 Å². The summed E-state index contributed by atoms with van der Waals surface area (Å²) in [6, 6.07) is 15.7. The minimum Gasteiger partial charge on any atom is -0.462 e. The van der Waals surface area contributed by atoms with Crippen molar-refractivity contribution < 1.29 is 81.8 Å². The van der Waals surface area contributed by atoms with Crippen LogP contribution in [0.4, 0.5) is 34.5 Å². The molecule has 0 atom stereocenters. The SMILES string of the molecule is CCOC(=O)c1c(C)nc(C)c(C(=O)OCC)c1-c1cc[n+](Cc2cccc(C[n+]3ccc(-c4c(C(=O)OCC)c(C)nc(C)c4C(=O)OCC)cc3)c2)cc1.F[B-](F)(F)F.F[B-](F)(F)F. The number of carbonyl (C=O) groups is 4. The van der Waals surface area contributed by atoms with E-state index < -0.39 is 38.4 Å². The zero-order valence-electron chi connectivity index (χ0n) is 37.4. The Morgan fingerprint density at radius 3 is 0.939 bits per heavy atom. The number of nitrogens with zero attached hydrogens (tertiary/aromatic N) is 4. The Morgan fingerprint density at radius 2 is 0.712 bits per heavy atom. The maximum absolute atomic E-state index is 13.1. The van der Waals surface area contributed by atoms with Gasteiger partial charge in [-0.2, -0.15) is 0 Å². The smallest absolute Gasteiger partial charge is 0.462 e. The third-order valence-electron chi connectivity index (χ3n) is 9.12. The molecule has 0 N–H and O–H groups in total. The van der Waals surface area contributed by atoms with E-state index in [0.717, 1.165) is 11.1 Å². The molecule has 5 aromatic rings. The number of esters is 4. The van der Waals surface area contributed by atoms with Gasteiger partial charge in [0.2, 0.25) is 0 Å². The molecule has 354 valence electrons. The van der Waals surface area contributed by atoms with Crippen LogP contribution in [-0.2, 0) is 32.0 Å². The van der Waals surface area contributed by atoms with Gasteiger partial charge < -0.3 is 53.5 Å². The molecule has 12 nitrogen and oxygen atoms in total. The van der Waals surface area contributed by atoms with Gasteiger partial charge in [-0.05, 0) is 72.6 Å². The summed E-state index contributed by atoms with van der Waals surface area (Å²) in [4.78, 5) is 61.6. The lowest BCUT2D eigenvalue weighted by atomic mass is 9.93. The molecule has 0 aliphatic heterocycles. The van der Waals surface area contributed by atoms with Gasteiger partial charge in [-0.1, -0.05) is 18.2 Å². The van der Waals surface area contributed by atoms with E-state index in [1.165, 1.54) is 0 Å². The van der Waals surface area contributed by atoms with Crippen molar-refractivity contribution in [2.45, 2.75) is 68.5 Å². The van der Waals surface area contributed by atoms with E-state index in [9.17, 15) is 53.7 Å². The number of pyridine rings is 4. The zero-order chi connectivity index (χ0) is 49.5. The second-order valence-electron chi connectivity index (χ2n) is 14.0. The number of ether oxygens (including phenoxy) is 4. The molecule has 0 aliphatic rings. The van der Waals surface area contributed by atoms with Crippen molar-refractivity contribution in [3.05, 3.63) is 129 Å². The molecule has 0 unspecified atom stereocenters. The molecule has 0 spiro atoms. The summed E-state index contributed by atoms with van der Waals surface area (Å²) in [5, 5.41) is 0. The second-order valence-corrected chi connectivity index (χ2v) is 14.0. The number of carbonyl (C=O) groups excluding carboxylic acids is 4. The monoisotopic (exact) mass is 934 g/mol. The number of rotatable bonds is 14. The van der Waals surface area contributed by atoms with Crippen LogP contribution in [0.3, 0.4) is 0 Å². The predicted octanol–water partition coefficient (Wildman–Crippen LogP) is 9.02. The first-order chi connectivity index (χ1) is 30.9. The van der Waals surface area contributed by atoms with Crippen LogP contribution in [0.5, 0.6) is 0 Å². The zero-order valence-corrected chi connectivity index (χ0v) is 37.4. The maximum Gasteiger partial charge on any atom is 0.673 e. The maximum atomic E-state index is 13.1. The van der Waals surface area contributed by atoms with Crippen molar-refractivity contribution in [2.75, 3.05) is 26.4 Å². The van der Waals surface area contributed by atoms with Crippen LogP contribution in [-0.4, -0.2) is 74.8 Å². The molecule has 0 amide bonds. The minimum atomic E-state index is -6.00. The topological polar surface area (TPSA) is 139 Å². The van der Waals surface area contributed by atoms with E-state index >= 15 is 0 Å². The summed E-state index contributed by atoms with van der Waals surface area (Å²) in [5.41, 5.74) is 7.15. The summed E-state index contributed by atoms with van der Waals surface area (Å²) < 4.78 is 103. The molecule has 4 aromatic heterocycles. The molecule has 0 bridgehead atoms. The van der Waals surface area contributed by atoms with Gasteiger partial charge in [0.1, 0.15) is 0 Å². The van der Waals surface area contributed by atoms with E-state index in [1.54, 1.807) is 55.4 Å². The molecule has 22 heteroatoms. The summed E-state index contributed by atoms with van der Waals surface area (Å²) in [6.07, 6.45) is 7.62. The number of aromatic nitrogens is 4. The molecule has 5 rings (SSSR count). The molecule has 1 aromatic carbocycles. The van der Waals surface area contributed by atoms with E-state index in [2.05, 4.69) is 16.0 Å². The lowest BCUT2D eigenvalue weighted by molar-refractivity contribution is -0.689. The van der Waals surface area contributed by atoms with E-state index in [-0.39, 0.29) is 48.7 Å². The fourth-order valence-electron chi connectivity index (χ4n) is 6.80. The van der Waals surface area contributed by atoms with Crippen LogP contribution in [0.25, 0.3) is 22.3 Å². The number of benzene rings is 1. The second kappa shape index (κ2) is 24.0. The average molecular weight is 934 g/mol. The largest absolute Gasteiger partial charge is 0.673 e. The average Bonchev–Trinajstić information content (AvgIpc) is 3.20. The standard InChI is InChI=1S/C44H48N4O8.2BF4/c1-9-53-41(49)35-27(5)45-28(6)36(42(50)54-10-2)39(35)33-16-20-47(21-17-33)25-31-14-13-15-32(24-31)26-48-22-18-34(19-23-48)40-37(43(51)55-11-3)29(7)46-30(8)38(40)44(52)56-12-4;2*2-1(3,4)5/h13-24H,9-12,25-26H2,1-8H3;;/q+2;2*-1. The normalized spacial score (nSPS) is 11.0. The lowest BCUT2D eigenvalue weighted by Gasteiger charge is -2.17. The minimum absolute atomic E-state index is 0.180. The number of hydrogen-bond donors (Lipinski definition) is 0. The van der Waals surface area contributed by atoms with Crippen LogP contribution in [0.1, 0.15) is 103 Å². The van der Waals surface area contributed by atoms with E-state index in [0.29, 0.717) is 58.1 Å². The molecular formula is C44H48B2F8N4O8. The van der Waals surface area contributed by atoms with Crippen molar-refractivity contribution in [1.29, 1.82) is 0 Å². The molecule has 0 fully saturated rings. The molecule has 66 heavy (non-hydrogen) atoms. The first kappa shape index (κ1) is 53.6. The van der Waals surface area contributed by atoms with Gasteiger partial charge in [0.25, 0.3) is 0 Å². The molecule has 0 saturated carbocycles. The number of halogens is 8. The lowest BCUT2D eigenvalue weighted by Crippen LogP contribution is -2.34. The van der Waals surface area contributed by atoms with Gasteiger partial charge >= 0.3 is 38.4 Å². The van der Waals surface area contributed by atoms with Crippen LogP contribution < -0.4 is 9.13 Å². The Kier molecular flexibility index (Phi) is 19.5. The van der Waals surface area contributed by atoms with Gasteiger partial charge in [-0.25, -0.2) is 28.3 Å². The molecule has 0 aliphatic carbocycles. The third-order valence-corrected chi connectivity index (χ3v) is 9.12. The molecular weight excluding hydrogens is 886 g/mol. The summed E-state index contributed by atoms with van der Waals surface area (Å²) >= 11 is 0. The van der Waals surface area contributed by atoms with Gasteiger partial charge in [0.15, 0.2) is 37.9 Å². The number of aryl methyl sites for hydroxylation is 4. The Balaban J connectivity index is 0.00000104. The summed E-state index contributed by atoms with van der Waals surface area (Å²) in [5.74, 6) is -2.21. The van der Waals surface area contributed by atoms with Crippen LogP contribution in [0.2, 0.25) is 0 Å². The van der Waals surface area contributed by atoms with Gasteiger partial charge in [-0.15, -0.1) is 0 Å².